The molecule has 7 heteroatoms. The van der Waals surface area contributed by atoms with Crippen LogP contribution in [0, 0.1) is 0 Å². The van der Waals surface area contributed by atoms with E-state index < -0.39 is 0 Å². The summed E-state index contributed by atoms with van der Waals surface area (Å²) < 4.78 is 11.1. The molecule has 0 heterocycles. The molecule has 0 saturated carbocycles. The number of nitrogens with two attached hydrogens (primary N) is 1. The Bertz CT molecular complexity index is 705. The number of nitrogens with zero attached hydrogens (tertiary/aromatic N) is 1. The fraction of sp³-hybridized carbons (Fsp3) is 0.125. The van der Waals surface area contributed by atoms with Gasteiger partial charge in [-0.15, -0.1) is 0 Å². The maximum atomic E-state index is 5.87. The fourth-order valence-corrected chi connectivity index (χ4v) is 1.98. The van der Waals surface area contributed by atoms with Crippen molar-refractivity contribution in [2.45, 2.75) is 6.61 Å². The van der Waals surface area contributed by atoms with Crippen molar-refractivity contribution in [1.82, 2.24) is 5.43 Å². The molecule has 0 bridgehead atoms. The Labute approximate surface area is 145 Å². The zero-order chi connectivity index (χ0) is 16.7. The molecule has 2 aromatic carbocycles. The standard InChI is InChI=1S/C16H16ClN3O2S/c1-21-14-7-4-12(9-19-20-16(18)23)8-15(14)22-10-11-2-5-13(17)6-3-11/h2-9H,10H2,1H3,(H3,18,20,23)/b19-9+. The summed E-state index contributed by atoms with van der Waals surface area (Å²) in [6.45, 7) is 0.402. The smallest absolute Gasteiger partial charge is 0.184 e. The number of benzene rings is 2. The Morgan fingerprint density at radius 2 is 2.00 bits per heavy atom. The minimum Gasteiger partial charge on any atom is -0.493 e. The number of halogens is 1. The van der Waals surface area contributed by atoms with Gasteiger partial charge in [0.1, 0.15) is 6.61 Å². The molecule has 0 atom stereocenters. The molecule has 0 saturated heterocycles. The number of thiocarbonyl (C=S) groups is 1. The van der Waals surface area contributed by atoms with Crippen molar-refractivity contribution >= 4 is 35.1 Å². The second-order valence-corrected chi connectivity index (χ2v) is 5.44. The minimum absolute atomic E-state index is 0.106. The molecule has 0 aromatic heterocycles. The van der Waals surface area contributed by atoms with Crippen LogP contribution in [0.5, 0.6) is 11.5 Å². The van der Waals surface area contributed by atoms with E-state index in [0.29, 0.717) is 23.1 Å². The molecule has 0 radical (unpaired) electrons. The molecule has 2 aromatic rings. The molecular formula is C16H16ClN3O2S. The fourth-order valence-electron chi connectivity index (χ4n) is 1.80. The SMILES string of the molecule is COc1ccc(/C=N/NC(N)=S)cc1OCc1ccc(Cl)cc1. The van der Waals surface area contributed by atoms with Gasteiger partial charge < -0.3 is 15.2 Å². The molecule has 0 aliphatic carbocycles. The predicted octanol–water partition coefficient (Wildman–Crippen LogP) is 3.09. The van der Waals surface area contributed by atoms with Gasteiger partial charge in [-0.3, -0.25) is 5.43 Å². The van der Waals surface area contributed by atoms with Crippen LogP contribution in [0.1, 0.15) is 11.1 Å². The average molecular weight is 350 g/mol. The second-order valence-electron chi connectivity index (χ2n) is 4.56. The lowest BCUT2D eigenvalue weighted by Gasteiger charge is -2.11. The van der Waals surface area contributed by atoms with Crippen molar-refractivity contribution in [3.63, 3.8) is 0 Å². The maximum absolute atomic E-state index is 5.87. The van der Waals surface area contributed by atoms with Crippen molar-refractivity contribution < 1.29 is 9.47 Å². The van der Waals surface area contributed by atoms with Gasteiger partial charge in [0.15, 0.2) is 16.6 Å². The average Bonchev–Trinajstić information content (AvgIpc) is 2.54. The van der Waals surface area contributed by atoms with Crippen LogP contribution >= 0.6 is 23.8 Å². The van der Waals surface area contributed by atoms with E-state index in [0.717, 1.165) is 11.1 Å². The molecule has 2 rings (SSSR count). The molecule has 0 aliphatic rings. The number of hydrazone groups is 1. The quantitative estimate of drug-likeness (QED) is 0.476. The van der Waals surface area contributed by atoms with Gasteiger partial charge in [0.2, 0.25) is 0 Å². The molecule has 3 N–H and O–H groups in total. The van der Waals surface area contributed by atoms with E-state index in [9.17, 15) is 0 Å². The van der Waals surface area contributed by atoms with Crippen molar-refractivity contribution in [3.05, 3.63) is 58.6 Å². The van der Waals surface area contributed by atoms with Gasteiger partial charge in [0.25, 0.3) is 0 Å². The summed E-state index contributed by atoms with van der Waals surface area (Å²) in [5.74, 6) is 1.25. The Balaban J connectivity index is 2.10. The monoisotopic (exact) mass is 349 g/mol. The molecule has 0 spiro atoms. The van der Waals surface area contributed by atoms with Gasteiger partial charge in [-0.05, 0) is 53.7 Å². The number of methoxy groups -OCH3 is 1. The first kappa shape index (κ1) is 17.1. The van der Waals surface area contributed by atoms with Gasteiger partial charge in [0.05, 0.1) is 13.3 Å². The summed E-state index contributed by atoms with van der Waals surface area (Å²) in [6.07, 6.45) is 1.59. The summed E-state index contributed by atoms with van der Waals surface area (Å²) in [4.78, 5) is 0. The van der Waals surface area contributed by atoms with Crippen LogP contribution in [-0.4, -0.2) is 18.4 Å². The summed E-state index contributed by atoms with van der Waals surface area (Å²) in [5, 5.41) is 4.71. The highest BCUT2D eigenvalue weighted by Gasteiger charge is 2.06. The largest absolute Gasteiger partial charge is 0.493 e. The topological polar surface area (TPSA) is 68.9 Å². The first-order chi connectivity index (χ1) is 11.1. The van der Waals surface area contributed by atoms with E-state index in [1.54, 1.807) is 19.4 Å². The lowest BCUT2D eigenvalue weighted by atomic mass is 10.2. The molecule has 120 valence electrons. The predicted molar refractivity (Wildman–Crippen MR) is 96.3 cm³/mol. The molecule has 5 nitrogen and oxygen atoms in total. The van der Waals surface area contributed by atoms with E-state index in [1.165, 1.54) is 0 Å². The number of ether oxygens (including phenoxy) is 2. The molecule has 0 amide bonds. The Morgan fingerprint density at radius 1 is 1.26 bits per heavy atom. The van der Waals surface area contributed by atoms with Gasteiger partial charge in [0, 0.05) is 5.02 Å². The third kappa shape index (κ3) is 5.43. The van der Waals surface area contributed by atoms with Gasteiger partial charge in [-0.25, -0.2) is 0 Å². The van der Waals surface area contributed by atoms with Crippen LogP contribution in [0.4, 0.5) is 0 Å². The van der Waals surface area contributed by atoms with Crippen molar-refractivity contribution in [2.75, 3.05) is 7.11 Å². The molecule has 0 fully saturated rings. The lowest BCUT2D eigenvalue weighted by Crippen LogP contribution is -2.23. The number of rotatable bonds is 6. The summed E-state index contributed by atoms with van der Waals surface area (Å²) in [5.41, 5.74) is 9.63. The van der Waals surface area contributed by atoms with Gasteiger partial charge in [-0.2, -0.15) is 5.10 Å². The van der Waals surface area contributed by atoms with E-state index in [-0.39, 0.29) is 5.11 Å². The summed E-state index contributed by atoms with van der Waals surface area (Å²) in [7, 11) is 1.59. The summed E-state index contributed by atoms with van der Waals surface area (Å²) in [6, 6.07) is 12.9. The van der Waals surface area contributed by atoms with Crippen molar-refractivity contribution in [2.24, 2.45) is 10.8 Å². The normalized spacial score (nSPS) is 10.5. The zero-order valence-electron chi connectivity index (χ0n) is 12.5. The summed E-state index contributed by atoms with van der Waals surface area (Å²) >= 11 is 10.5. The molecule has 23 heavy (non-hydrogen) atoms. The van der Waals surface area contributed by atoms with Crippen LogP contribution in [0.2, 0.25) is 5.02 Å². The van der Waals surface area contributed by atoms with Crippen molar-refractivity contribution in [3.8, 4) is 11.5 Å². The number of hydrogen-bond acceptors (Lipinski definition) is 4. The number of hydrogen-bond donors (Lipinski definition) is 2. The van der Waals surface area contributed by atoms with E-state index in [2.05, 4.69) is 22.7 Å². The highest BCUT2D eigenvalue weighted by atomic mass is 35.5. The maximum Gasteiger partial charge on any atom is 0.184 e. The lowest BCUT2D eigenvalue weighted by molar-refractivity contribution is 0.284. The Hall–Kier alpha value is -2.31. The van der Waals surface area contributed by atoms with E-state index >= 15 is 0 Å². The Morgan fingerprint density at radius 3 is 2.65 bits per heavy atom. The van der Waals surface area contributed by atoms with Gasteiger partial charge >= 0.3 is 0 Å². The highest BCUT2D eigenvalue weighted by Crippen LogP contribution is 2.28. The highest BCUT2D eigenvalue weighted by molar-refractivity contribution is 7.80. The van der Waals surface area contributed by atoms with Gasteiger partial charge in [-0.1, -0.05) is 23.7 Å². The van der Waals surface area contributed by atoms with Crippen molar-refractivity contribution in [1.29, 1.82) is 0 Å². The molecular weight excluding hydrogens is 334 g/mol. The van der Waals surface area contributed by atoms with Crippen LogP contribution in [0.15, 0.2) is 47.6 Å². The third-order valence-electron chi connectivity index (χ3n) is 2.88. The zero-order valence-corrected chi connectivity index (χ0v) is 14.0. The minimum atomic E-state index is 0.106. The third-order valence-corrected chi connectivity index (χ3v) is 3.23. The second kappa shape index (κ2) is 8.36. The Kier molecular flexibility index (Phi) is 6.19. The van der Waals surface area contributed by atoms with Crippen LogP contribution in [0.3, 0.4) is 0 Å². The van der Waals surface area contributed by atoms with Crippen LogP contribution in [0.25, 0.3) is 0 Å². The van der Waals surface area contributed by atoms with Crippen LogP contribution in [-0.2, 0) is 6.61 Å². The first-order valence-electron chi connectivity index (χ1n) is 6.72. The van der Waals surface area contributed by atoms with E-state index in [1.807, 2.05) is 36.4 Å². The van der Waals surface area contributed by atoms with E-state index in [4.69, 9.17) is 26.8 Å². The molecule has 0 unspecified atom stereocenters. The van der Waals surface area contributed by atoms with Crippen LogP contribution < -0.4 is 20.6 Å². The first-order valence-corrected chi connectivity index (χ1v) is 7.51. The molecule has 0 aliphatic heterocycles. The number of nitrogens with one attached hydrogen (secondary N) is 1.